The zero-order valence-electron chi connectivity index (χ0n) is 17.3. The van der Waals surface area contributed by atoms with Crippen LogP contribution < -0.4 is 14.3 Å². The van der Waals surface area contributed by atoms with E-state index >= 15 is 0 Å². The molecule has 0 fully saturated rings. The molecule has 0 atom stereocenters. The average molecular weight is 414 g/mol. The van der Waals surface area contributed by atoms with Gasteiger partial charge in [0.25, 0.3) is 0 Å². The van der Waals surface area contributed by atoms with Gasteiger partial charge in [-0.25, -0.2) is 4.68 Å². The van der Waals surface area contributed by atoms with E-state index in [9.17, 15) is 0 Å². The van der Waals surface area contributed by atoms with Crippen molar-refractivity contribution in [2.75, 3.05) is 20.3 Å². The van der Waals surface area contributed by atoms with Crippen LogP contribution in [0.4, 0.5) is 0 Å². The Morgan fingerprint density at radius 1 is 1.24 bits per heavy atom. The number of hydrogen-bond donors (Lipinski definition) is 0. The maximum atomic E-state index is 5.86. The Hall–Kier alpha value is -2.80. The maximum Gasteiger partial charge on any atom is 0.206 e. The number of rotatable bonds is 9. The predicted molar refractivity (Wildman–Crippen MR) is 117 cm³/mol. The van der Waals surface area contributed by atoms with Crippen molar-refractivity contribution in [2.24, 2.45) is 16.0 Å². The van der Waals surface area contributed by atoms with Gasteiger partial charge in [0.1, 0.15) is 5.69 Å². The number of thiazole rings is 1. The van der Waals surface area contributed by atoms with E-state index in [1.54, 1.807) is 24.3 Å². The van der Waals surface area contributed by atoms with Gasteiger partial charge in [0.2, 0.25) is 4.80 Å². The Balaban J connectivity index is 1.86. The minimum absolute atomic E-state index is 0.598. The van der Waals surface area contributed by atoms with Crippen molar-refractivity contribution in [1.82, 2.24) is 4.68 Å². The minimum atomic E-state index is 0.598. The lowest BCUT2D eigenvalue weighted by atomic mass is 10.1. The van der Waals surface area contributed by atoms with E-state index in [0.29, 0.717) is 24.8 Å². The molecule has 154 valence electrons. The Bertz CT molecular complexity index is 1000. The standard InChI is InChI=1S/C22H27N3O3S/c1-5-23-22-25(18(15-29-22)19-7-6-11-27-19)24-14-17-8-9-20(21(13-17)26-4)28-12-10-16(2)3/h6-9,11,13-16H,5,10,12H2,1-4H3. The van der Waals surface area contributed by atoms with E-state index in [1.165, 1.54) is 11.3 Å². The maximum absolute atomic E-state index is 5.86. The molecule has 3 aromatic rings. The molecule has 0 bridgehead atoms. The molecule has 2 aromatic heterocycles. The van der Waals surface area contributed by atoms with Gasteiger partial charge in [-0.15, -0.1) is 11.3 Å². The lowest BCUT2D eigenvalue weighted by Crippen LogP contribution is -2.12. The molecule has 7 heteroatoms. The second kappa shape index (κ2) is 10.1. The van der Waals surface area contributed by atoms with E-state index < -0.39 is 0 Å². The van der Waals surface area contributed by atoms with Crippen LogP contribution in [0.15, 0.2) is 56.5 Å². The summed E-state index contributed by atoms with van der Waals surface area (Å²) >= 11 is 1.53. The second-order valence-corrected chi connectivity index (χ2v) is 7.69. The van der Waals surface area contributed by atoms with Gasteiger partial charge in [0.05, 0.1) is 26.2 Å². The number of methoxy groups -OCH3 is 1. The first kappa shape index (κ1) is 20.9. The van der Waals surface area contributed by atoms with Crippen LogP contribution >= 0.6 is 11.3 Å². The van der Waals surface area contributed by atoms with Crippen LogP contribution in [-0.2, 0) is 0 Å². The van der Waals surface area contributed by atoms with E-state index in [-0.39, 0.29) is 0 Å². The highest BCUT2D eigenvalue weighted by molar-refractivity contribution is 7.07. The molecule has 0 radical (unpaired) electrons. The Labute approximate surface area is 175 Å². The number of ether oxygens (including phenoxy) is 2. The van der Waals surface area contributed by atoms with Gasteiger partial charge in [-0.3, -0.25) is 4.99 Å². The van der Waals surface area contributed by atoms with Crippen molar-refractivity contribution in [2.45, 2.75) is 27.2 Å². The van der Waals surface area contributed by atoms with E-state index in [1.807, 2.05) is 42.6 Å². The van der Waals surface area contributed by atoms with Crippen LogP contribution in [0.3, 0.4) is 0 Å². The second-order valence-electron chi connectivity index (χ2n) is 6.85. The monoisotopic (exact) mass is 413 g/mol. The number of benzene rings is 1. The molecule has 0 saturated heterocycles. The largest absolute Gasteiger partial charge is 0.493 e. The fourth-order valence-electron chi connectivity index (χ4n) is 2.66. The summed E-state index contributed by atoms with van der Waals surface area (Å²) in [5.74, 6) is 2.78. The van der Waals surface area contributed by atoms with Crippen molar-refractivity contribution in [3.8, 4) is 23.0 Å². The van der Waals surface area contributed by atoms with Gasteiger partial charge in [-0.1, -0.05) is 13.8 Å². The highest BCUT2D eigenvalue weighted by Crippen LogP contribution is 2.28. The molecular weight excluding hydrogens is 386 g/mol. The summed E-state index contributed by atoms with van der Waals surface area (Å²) in [6.07, 6.45) is 4.44. The van der Waals surface area contributed by atoms with Crippen molar-refractivity contribution in [3.63, 3.8) is 0 Å². The van der Waals surface area contributed by atoms with Crippen molar-refractivity contribution >= 4 is 17.6 Å². The molecule has 0 spiro atoms. The predicted octanol–water partition coefficient (Wildman–Crippen LogP) is 5.05. The van der Waals surface area contributed by atoms with Crippen LogP contribution in [0.2, 0.25) is 0 Å². The summed E-state index contributed by atoms with van der Waals surface area (Å²) in [5.41, 5.74) is 1.77. The summed E-state index contributed by atoms with van der Waals surface area (Å²) in [7, 11) is 1.65. The smallest absolute Gasteiger partial charge is 0.206 e. The topological polar surface area (TPSA) is 61.2 Å². The van der Waals surface area contributed by atoms with Crippen molar-refractivity contribution in [1.29, 1.82) is 0 Å². The first-order valence-corrected chi connectivity index (χ1v) is 10.6. The summed E-state index contributed by atoms with van der Waals surface area (Å²) in [4.78, 5) is 5.34. The van der Waals surface area contributed by atoms with Gasteiger partial charge < -0.3 is 13.9 Å². The lowest BCUT2D eigenvalue weighted by molar-refractivity contribution is 0.273. The van der Waals surface area contributed by atoms with Gasteiger partial charge in [-0.05, 0) is 55.2 Å². The number of furan rings is 1. The molecule has 0 saturated carbocycles. The van der Waals surface area contributed by atoms with Crippen LogP contribution in [0.5, 0.6) is 11.5 Å². The highest BCUT2D eigenvalue weighted by Gasteiger charge is 2.10. The third-order valence-electron chi connectivity index (χ3n) is 4.22. The summed E-state index contributed by atoms with van der Waals surface area (Å²) in [6.45, 7) is 7.71. The molecule has 0 aliphatic heterocycles. The zero-order valence-corrected chi connectivity index (χ0v) is 18.1. The molecule has 0 unspecified atom stereocenters. The first-order valence-electron chi connectivity index (χ1n) is 9.72. The van der Waals surface area contributed by atoms with Crippen LogP contribution in [0.25, 0.3) is 11.5 Å². The molecule has 0 N–H and O–H groups in total. The van der Waals surface area contributed by atoms with Gasteiger partial charge in [0, 0.05) is 11.9 Å². The van der Waals surface area contributed by atoms with Gasteiger partial charge in [-0.2, -0.15) is 5.10 Å². The van der Waals surface area contributed by atoms with Crippen LogP contribution in [0.1, 0.15) is 32.8 Å². The fourth-order valence-corrected chi connectivity index (χ4v) is 3.54. The molecular formula is C22H27N3O3S. The third kappa shape index (κ3) is 5.38. The highest BCUT2D eigenvalue weighted by atomic mass is 32.1. The fraction of sp³-hybridized carbons (Fsp3) is 0.364. The normalized spacial score (nSPS) is 12.2. The molecule has 0 aliphatic rings. The zero-order chi connectivity index (χ0) is 20.6. The Morgan fingerprint density at radius 3 is 2.79 bits per heavy atom. The third-order valence-corrected chi connectivity index (χ3v) is 5.07. The lowest BCUT2D eigenvalue weighted by Gasteiger charge is -2.12. The number of nitrogens with zero attached hydrogens (tertiary/aromatic N) is 3. The van der Waals surface area contributed by atoms with E-state index in [2.05, 4.69) is 23.9 Å². The van der Waals surface area contributed by atoms with E-state index in [0.717, 1.165) is 34.0 Å². The first-order chi connectivity index (χ1) is 14.1. The summed E-state index contributed by atoms with van der Waals surface area (Å²) in [6, 6.07) is 9.58. The molecule has 1 aromatic carbocycles. The molecule has 6 nitrogen and oxygen atoms in total. The molecule has 29 heavy (non-hydrogen) atoms. The van der Waals surface area contributed by atoms with Gasteiger partial charge >= 0.3 is 0 Å². The molecule has 0 amide bonds. The SMILES string of the molecule is CCN=c1scc(-c2ccco2)n1N=Cc1ccc(OCCC(C)C)c(OC)c1. The van der Waals surface area contributed by atoms with Gasteiger partial charge in [0.15, 0.2) is 17.3 Å². The molecule has 2 heterocycles. The number of hydrogen-bond acceptors (Lipinski definition) is 6. The molecule has 3 rings (SSSR count). The quantitative estimate of drug-likeness (QED) is 0.461. The Morgan fingerprint density at radius 2 is 2.10 bits per heavy atom. The van der Waals surface area contributed by atoms with E-state index in [4.69, 9.17) is 13.9 Å². The van der Waals surface area contributed by atoms with Crippen LogP contribution in [0, 0.1) is 5.92 Å². The Kier molecular flexibility index (Phi) is 7.30. The summed E-state index contributed by atoms with van der Waals surface area (Å²) in [5, 5.41) is 6.65. The van der Waals surface area contributed by atoms with Crippen molar-refractivity contribution < 1.29 is 13.9 Å². The number of aromatic nitrogens is 1. The average Bonchev–Trinajstić information content (AvgIpc) is 3.37. The minimum Gasteiger partial charge on any atom is -0.493 e. The van der Waals surface area contributed by atoms with Crippen LogP contribution in [-0.4, -0.2) is 31.2 Å². The molecule has 0 aliphatic carbocycles. The summed E-state index contributed by atoms with van der Waals surface area (Å²) < 4.78 is 18.7. The van der Waals surface area contributed by atoms with Crippen molar-refractivity contribution in [3.05, 3.63) is 52.3 Å².